The van der Waals surface area contributed by atoms with Gasteiger partial charge in [0.15, 0.2) is 0 Å². The van der Waals surface area contributed by atoms with Crippen LogP contribution in [0.5, 0.6) is 0 Å². The van der Waals surface area contributed by atoms with Crippen LogP contribution in [-0.2, 0) is 6.42 Å². The first-order valence-corrected chi connectivity index (χ1v) is 7.09. The summed E-state index contributed by atoms with van der Waals surface area (Å²) in [5, 5.41) is 3.38. The lowest BCUT2D eigenvalue weighted by Crippen LogP contribution is -2.23. The molecule has 0 aromatic heterocycles. The van der Waals surface area contributed by atoms with Crippen LogP contribution in [0.1, 0.15) is 45.6 Å². The van der Waals surface area contributed by atoms with Crippen LogP contribution >= 0.6 is 0 Å². The zero-order chi connectivity index (χ0) is 14.3. The third-order valence-electron chi connectivity index (χ3n) is 3.48. The second-order valence-corrected chi connectivity index (χ2v) is 5.90. The summed E-state index contributed by atoms with van der Waals surface area (Å²) < 4.78 is 26.6. The van der Waals surface area contributed by atoms with E-state index in [1.165, 1.54) is 18.2 Å². The quantitative estimate of drug-likeness (QED) is 0.693. The maximum atomic E-state index is 13.5. The molecule has 0 spiro atoms. The molecule has 1 aromatic carbocycles. The molecule has 0 aliphatic carbocycles. The first-order chi connectivity index (χ1) is 8.94. The molecular weight excluding hydrogens is 244 g/mol. The van der Waals surface area contributed by atoms with Gasteiger partial charge in [-0.1, -0.05) is 20.8 Å². The lowest BCUT2D eigenvalue weighted by Gasteiger charge is -2.25. The molecule has 0 aliphatic heterocycles. The molecule has 1 nitrogen and oxygen atoms in total. The molecular formula is C16H25F2N. The Morgan fingerprint density at radius 2 is 1.84 bits per heavy atom. The van der Waals surface area contributed by atoms with Crippen LogP contribution in [0.2, 0.25) is 0 Å². The Kier molecular flexibility index (Phi) is 6.43. The number of hydrogen-bond donors (Lipinski definition) is 1. The number of rotatable bonds is 8. The van der Waals surface area contributed by atoms with Crippen molar-refractivity contribution < 1.29 is 8.78 Å². The van der Waals surface area contributed by atoms with Crippen molar-refractivity contribution in [2.24, 2.45) is 5.41 Å². The van der Waals surface area contributed by atoms with Gasteiger partial charge in [-0.05, 0) is 68.0 Å². The molecule has 0 saturated heterocycles. The second-order valence-electron chi connectivity index (χ2n) is 5.90. The minimum Gasteiger partial charge on any atom is -0.317 e. The van der Waals surface area contributed by atoms with Gasteiger partial charge in [0.25, 0.3) is 0 Å². The van der Waals surface area contributed by atoms with E-state index in [4.69, 9.17) is 0 Å². The molecule has 0 unspecified atom stereocenters. The fraction of sp³-hybridized carbons (Fsp3) is 0.625. The first-order valence-electron chi connectivity index (χ1n) is 7.09. The van der Waals surface area contributed by atoms with Gasteiger partial charge in [-0.3, -0.25) is 0 Å². The lowest BCUT2D eigenvalue weighted by molar-refractivity contribution is 0.301. The van der Waals surface area contributed by atoms with Crippen molar-refractivity contribution in [2.45, 2.75) is 46.5 Å². The Bertz CT molecular complexity index is 388. The van der Waals surface area contributed by atoms with Crippen molar-refractivity contribution in [1.29, 1.82) is 0 Å². The topological polar surface area (TPSA) is 12.0 Å². The van der Waals surface area contributed by atoms with E-state index in [-0.39, 0.29) is 17.0 Å². The van der Waals surface area contributed by atoms with Gasteiger partial charge < -0.3 is 5.32 Å². The van der Waals surface area contributed by atoms with Gasteiger partial charge in [0.2, 0.25) is 0 Å². The van der Waals surface area contributed by atoms with Crippen LogP contribution in [-0.4, -0.2) is 13.1 Å². The third-order valence-corrected chi connectivity index (χ3v) is 3.48. The summed E-state index contributed by atoms with van der Waals surface area (Å²) >= 11 is 0. The zero-order valence-corrected chi connectivity index (χ0v) is 12.2. The highest BCUT2D eigenvalue weighted by atomic mass is 19.1. The molecule has 0 bridgehead atoms. The van der Waals surface area contributed by atoms with Gasteiger partial charge >= 0.3 is 0 Å². The van der Waals surface area contributed by atoms with Crippen molar-refractivity contribution in [2.75, 3.05) is 13.1 Å². The third kappa shape index (κ3) is 6.15. The number of hydrogen-bond acceptors (Lipinski definition) is 1. The van der Waals surface area contributed by atoms with Gasteiger partial charge in [0.05, 0.1) is 0 Å². The van der Waals surface area contributed by atoms with E-state index in [1.807, 2.05) is 0 Å². The molecule has 0 saturated carbocycles. The molecule has 1 rings (SSSR count). The molecule has 3 heteroatoms. The van der Waals surface area contributed by atoms with E-state index >= 15 is 0 Å². The molecule has 0 atom stereocenters. The van der Waals surface area contributed by atoms with Crippen molar-refractivity contribution in [3.05, 3.63) is 35.4 Å². The van der Waals surface area contributed by atoms with Crippen molar-refractivity contribution in [3.8, 4) is 0 Å². The average molecular weight is 269 g/mol. The van der Waals surface area contributed by atoms with Gasteiger partial charge in [-0.15, -0.1) is 0 Å². The lowest BCUT2D eigenvalue weighted by atomic mass is 9.83. The van der Waals surface area contributed by atoms with Gasteiger partial charge in [0, 0.05) is 0 Å². The van der Waals surface area contributed by atoms with E-state index in [0.717, 1.165) is 32.4 Å². The van der Waals surface area contributed by atoms with Gasteiger partial charge in [-0.2, -0.15) is 0 Å². The van der Waals surface area contributed by atoms with Crippen LogP contribution < -0.4 is 5.32 Å². The smallest absolute Gasteiger partial charge is 0.126 e. The number of nitrogens with one attached hydrogen (secondary N) is 1. The van der Waals surface area contributed by atoms with Crippen molar-refractivity contribution in [3.63, 3.8) is 0 Å². The Labute approximate surface area is 115 Å². The molecule has 19 heavy (non-hydrogen) atoms. The van der Waals surface area contributed by atoms with E-state index in [9.17, 15) is 8.78 Å². The standard InChI is InChI=1S/C16H25F2N/c1-4-10-19-11-9-16(2,3)8-7-13-12-14(17)5-6-15(13)18/h5-6,12,19H,4,7-11H2,1-3H3. The van der Waals surface area contributed by atoms with E-state index < -0.39 is 0 Å². The molecule has 0 aliphatic rings. The molecule has 0 radical (unpaired) electrons. The normalized spacial score (nSPS) is 11.8. The molecule has 0 fully saturated rings. The molecule has 1 N–H and O–H groups in total. The van der Waals surface area contributed by atoms with Crippen LogP contribution in [0.4, 0.5) is 8.78 Å². The summed E-state index contributed by atoms with van der Waals surface area (Å²) in [6.45, 7) is 8.52. The Balaban J connectivity index is 2.43. The molecule has 0 amide bonds. The number of halogens is 2. The van der Waals surface area contributed by atoms with Gasteiger partial charge in [-0.25, -0.2) is 8.78 Å². The predicted molar refractivity (Wildman–Crippen MR) is 76.2 cm³/mol. The van der Waals surface area contributed by atoms with E-state index in [0.29, 0.717) is 12.0 Å². The van der Waals surface area contributed by atoms with Gasteiger partial charge in [0.1, 0.15) is 11.6 Å². The highest BCUT2D eigenvalue weighted by Crippen LogP contribution is 2.27. The van der Waals surface area contributed by atoms with Crippen molar-refractivity contribution in [1.82, 2.24) is 5.32 Å². The maximum Gasteiger partial charge on any atom is 0.126 e. The minimum atomic E-state index is -0.362. The summed E-state index contributed by atoms with van der Waals surface area (Å²) in [5.41, 5.74) is 0.619. The fourth-order valence-corrected chi connectivity index (χ4v) is 2.06. The maximum absolute atomic E-state index is 13.5. The zero-order valence-electron chi connectivity index (χ0n) is 12.2. The molecule has 1 aromatic rings. The van der Waals surface area contributed by atoms with Crippen molar-refractivity contribution >= 4 is 0 Å². The fourth-order valence-electron chi connectivity index (χ4n) is 2.06. The Morgan fingerprint density at radius 3 is 2.53 bits per heavy atom. The molecule has 0 heterocycles. The second kappa shape index (κ2) is 7.59. The average Bonchev–Trinajstić information content (AvgIpc) is 2.36. The van der Waals surface area contributed by atoms with Crippen LogP contribution in [0.3, 0.4) is 0 Å². The monoisotopic (exact) mass is 269 g/mol. The number of benzene rings is 1. The number of aryl methyl sites for hydroxylation is 1. The summed E-state index contributed by atoms with van der Waals surface area (Å²) in [5.74, 6) is -0.667. The summed E-state index contributed by atoms with van der Waals surface area (Å²) in [6, 6.07) is 3.68. The highest BCUT2D eigenvalue weighted by Gasteiger charge is 2.18. The Morgan fingerprint density at radius 1 is 1.11 bits per heavy atom. The van der Waals surface area contributed by atoms with Crippen LogP contribution in [0.25, 0.3) is 0 Å². The Hall–Kier alpha value is -0.960. The summed E-state index contributed by atoms with van der Waals surface area (Å²) in [4.78, 5) is 0. The molecule has 108 valence electrons. The largest absolute Gasteiger partial charge is 0.317 e. The SMILES string of the molecule is CCCNCCC(C)(C)CCc1cc(F)ccc1F. The van der Waals surface area contributed by atoms with E-state index in [2.05, 4.69) is 26.1 Å². The summed E-state index contributed by atoms with van der Waals surface area (Å²) in [6.07, 6.45) is 3.63. The van der Waals surface area contributed by atoms with E-state index in [1.54, 1.807) is 0 Å². The first kappa shape index (κ1) is 16.1. The van der Waals surface area contributed by atoms with Crippen LogP contribution in [0, 0.1) is 17.0 Å². The summed E-state index contributed by atoms with van der Waals surface area (Å²) in [7, 11) is 0. The predicted octanol–water partition coefficient (Wildman–Crippen LogP) is 4.31. The van der Waals surface area contributed by atoms with Crippen LogP contribution in [0.15, 0.2) is 18.2 Å². The minimum absolute atomic E-state index is 0.138. The highest BCUT2D eigenvalue weighted by molar-refractivity contribution is 5.18.